The lowest BCUT2D eigenvalue weighted by Crippen LogP contribution is -2.19. The van der Waals surface area contributed by atoms with Crippen LogP contribution in [0.4, 0.5) is 16.2 Å². The predicted molar refractivity (Wildman–Crippen MR) is 119 cm³/mol. The van der Waals surface area contributed by atoms with Crippen LogP contribution < -0.4 is 16.4 Å². The number of hydrogen-bond acceptors (Lipinski definition) is 5. The molecular formula is C21H20N6O2S. The second-order valence-corrected chi connectivity index (χ2v) is 7.92. The van der Waals surface area contributed by atoms with Gasteiger partial charge in [0.25, 0.3) is 5.91 Å². The Morgan fingerprint density at radius 3 is 2.40 bits per heavy atom. The van der Waals surface area contributed by atoms with Crippen molar-refractivity contribution in [1.29, 1.82) is 0 Å². The molecule has 4 N–H and O–H groups in total. The van der Waals surface area contributed by atoms with Crippen molar-refractivity contribution >= 4 is 45.7 Å². The first-order valence-corrected chi connectivity index (χ1v) is 10.2. The minimum Gasteiger partial charge on any atom is -0.351 e. The zero-order valence-electron chi connectivity index (χ0n) is 16.4. The van der Waals surface area contributed by atoms with Gasteiger partial charge in [0.15, 0.2) is 5.65 Å². The van der Waals surface area contributed by atoms with Gasteiger partial charge in [-0.25, -0.2) is 14.5 Å². The average molecular weight is 420 g/mol. The molecule has 0 spiro atoms. The quantitative estimate of drug-likeness (QED) is 0.441. The van der Waals surface area contributed by atoms with E-state index < -0.39 is 6.03 Å². The number of aromatic nitrogens is 3. The number of carbonyl (C=O) groups excluding carboxylic acids is 2. The average Bonchev–Trinajstić information content (AvgIpc) is 3.38. The monoisotopic (exact) mass is 420 g/mol. The lowest BCUT2D eigenvalue weighted by Gasteiger charge is -2.11. The zero-order valence-corrected chi connectivity index (χ0v) is 17.2. The minimum absolute atomic E-state index is 0.106. The summed E-state index contributed by atoms with van der Waals surface area (Å²) in [5.74, 6) is -0.265. The van der Waals surface area contributed by atoms with E-state index in [1.165, 1.54) is 0 Å². The highest BCUT2D eigenvalue weighted by molar-refractivity contribution is 7.13. The standard InChI is InChI=1S/C21H20N6O2S/c1-12(2)27-19-16(11-23-27)15(10-17(26-19)18-4-3-9-30-18)20(28)24-13-5-7-14(8-6-13)25-21(22)29/h3-12H,1-2H3,(H,24,28)(H3,22,25,29). The molecule has 4 aromatic rings. The van der Waals surface area contributed by atoms with E-state index in [1.54, 1.807) is 47.9 Å². The first kappa shape index (κ1) is 19.6. The largest absolute Gasteiger partial charge is 0.351 e. The number of nitrogens with zero attached hydrogens (tertiary/aromatic N) is 3. The smallest absolute Gasteiger partial charge is 0.316 e. The van der Waals surface area contributed by atoms with Crippen LogP contribution in [0.3, 0.4) is 0 Å². The maximum atomic E-state index is 13.1. The van der Waals surface area contributed by atoms with Gasteiger partial charge in [-0.3, -0.25) is 4.79 Å². The number of thiophene rings is 1. The summed E-state index contributed by atoms with van der Waals surface area (Å²) in [5.41, 5.74) is 8.15. The van der Waals surface area contributed by atoms with Crippen LogP contribution in [-0.4, -0.2) is 26.7 Å². The van der Waals surface area contributed by atoms with Crippen LogP contribution in [0, 0.1) is 0 Å². The number of benzene rings is 1. The lowest BCUT2D eigenvalue weighted by molar-refractivity contribution is 0.102. The molecule has 0 aliphatic rings. The number of nitrogens with one attached hydrogen (secondary N) is 2. The fourth-order valence-electron chi connectivity index (χ4n) is 3.11. The fourth-order valence-corrected chi connectivity index (χ4v) is 3.80. The number of anilines is 2. The van der Waals surface area contributed by atoms with Gasteiger partial charge < -0.3 is 16.4 Å². The van der Waals surface area contributed by atoms with E-state index >= 15 is 0 Å². The van der Waals surface area contributed by atoms with Crippen LogP contribution in [0.2, 0.25) is 0 Å². The van der Waals surface area contributed by atoms with E-state index in [-0.39, 0.29) is 11.9 Å². The van der Waals surface area contributed by atoms with Crippen molar-refractivity contribution in [3.8, 4) is 10.6 Å². The Bertz CT molecular complexity index is 1210. The number of fused-ring (bicyclic) bond motifs is 1. The molecule has 8 nitrogen and oxygen atoms in total. The van der Waals surface area contributed by atoms with E-state index in [1.807, 2.05) is 36.0 Å². The first-order chi connectivity index (χ1) is 14.4. The van der Waals surface area contributed by atoms with Gasteiger partial charge in [0.1, 0.15) is 0 Å². The Hall–Kier alpha value is -3.72. The topological polar surface area (TPSA) is 115 Å². The molecule has 0 saturated heterocycles. The molecule has 0 aliphatic heterocycles. The van der Waals surface area contributed by atoms with Crippen molar-refractivity contribution in [3.63, 3.8) is 0 Å². The Balaban J connectivity index is 1.71. The van der Waals surface area contributed by atoms with Crippen molar-refractivity contribution in [2.45, 2.75) is 19.9 Å². The first-order valence-electron chi connectivity index (χ1n) is 9.32. The summed E-state index contributed by atoms with van der Waals surface area (Å²) in [6.07, 6.45) is 1.68. The summed E-state index contributed by atoms with van der Waals surface area (Å²) in [6.45, 7) is 4.04. The lowest BCUT2D eigenvalue weighted by atomic mass is 10.1. The molecule has 0 fully saturated rings. The molecule has 3 heterocycles. The summed E-state index contributed by atoms with van der Waals surface area (Å²) in [7, 11) is 0. The third kappa shape index (κ3) is 3.87. The number of pyridine rings is 1. The molecular weight excluding hydrogens is 400 g/mol. The number of rotatable bonds is 5. The van der Waals surface area contributed by atoms with Gasteiger partial charge in [-0.05, 0) is 55.6 Å². The number of carbonyl (C=O) groups is 2. The van der Waals surface area contributed by atoms with Crippen LogP contribution in [0.5, 0.6) is 0 Å². The number of primary amides is 1. The third-order valence-electron chi connectivity index (χ3n) is 4.48. The molecule has 30 heavy (non-hydrogen) atoms. The molecule has 3 amide bonds. The van der Waals surface area contributed by atoms with Gasteiger partial charge in [0.2, 0.25) is 0 Å². The van der Waals surface area contributed by atoms with Crippen molar-refractivity contribution in [1.82, 2.24) is 14.8 Å². The Labute approximate surface area is 176 Å². The molecule has 0 bridgehead atoms. The predicted octanol–water partition coefficient (Wildman–Crippen LogP) is 4.48. The highest BCUT2D eigenvalue weighted by Gasteiger charge is 2.19. The highest BCUT2D eigenvalue weighted by atomic mass is 32.1. The van der Waals surface area contributed by atoms with E-state index in [4.69, 9.17) is 10.7 Å². The minimum atomic E-state index is -0.644. The molecule has 4 rings (SSSR count). The second-order valence-electron chi connectivity index (χ2n) is 6.97. The van der Waals surface area contributed by atoms with Crippen molar-refractivity contribution in [2.24, 2.45) is 5.73 Å². The van der Waals surface area contributed by atoms with Crippen LogP contribution in [0.25, 0.3) is 21.6 Å². The normalized spacial score (nSPS) is 11.0. The summed E-state index contributed by atoms with van der Waals surface area (Å²) in [4.78, 5) is 29.8. The second kappa shape index (κ2) is 7.96. The molecule has 0 radical (unpaired) electrons. The molecule has 3 aromatic heterocycles. The van der Waals surface area contributed by atoms with Gasteiger partial charge in [0.05, 0.1) is 27.7 Å². The number of amides is 3. The van der Waals surface area contributed by atoms with E-state index in [0.29, 0.717) is 28.0 Å². The molecule has 0 unspecified atom stereocenters. The van der Waals surface area contributed by atoms with Crippen LogP contribution in [0.1, 0.15) is 30.2 Å². The Kier molecular flexibility index (Phi) is 5.20. The Morgan fingerprint density at radius 2 is 1.80 bits per heavy atom. The zero-order chi connectivity index (χ0) is 21.3. The molecule has 0 atom stereocenters. The Morgan fingerprint density at radius 1 is 1.10 bits per heavy atom. The van der Waals surface area contributed by atoms with Crippen molar-refractivity contribution < 1.29 is 9.59 Å². The summed E-state index contributed by atoms with van der Waals surface area (Å²) in [5, 5.41) is 12.5. The van der Waals surface area contributed by atoms with Gasteiger partial charge in [0, 0.05) is 17.4 Å². The molecule has 0 saturated carbocycles. The van der Waals surface area contributed by atoms with Crippen LogP contribution in [0.15, 0.2) is 54.0 Å². The van der Waals surface area contributed by atoms with E-state index in [0.717, 1.165) is 10.6 Å². The molecule has 0 aliphatic carbocycles. The maximum Gasteiger partial charge on any atom is 0.316 e. The number of hydrogen-bond donors (Lipinski definition) is 3. The number of urea groups is 1. The molecule has 1 aromatic carbocycles. The van der Waals surface area contributed by atoms with E-state index in [2.05, 4.69) is 15.7 Å². The molecule has 9 heteroatoms. The molecule has 152 valence electrons. The summed E-state index contributed by atoms with van der Waals surface area (Å²) >= 11 is 1.56. The fraction of sp³-hybridized carbons (Fsp3) is 0.143. The third-order valence-corrected chi connectivity index (χ3v) is 5.38. The SMILES string of the molecule is CC(C)n1ncc2c(C(=O)Nc3ccc(NC(N)=O)cc3)cc(-c3cccs3)nc21. The van der Waals surface area contributed by atoms with Crippen LogP contribution >= 0.6 is 11.3 Å². The van der Waals surface area contributed by atoms with Crippen molar-refractivity contribution in [2.75, 3.05) is 10.6 Å². The van der Waals surface area contributed by atoms with Gasteiger partial charge >= 0.3 is 6.03 Å². The van der Waals surface area contributed by atoms with Gasteiger partial charge in [-0.1, -0.05) is 6.07 Å². The van der Waals surface area contributed by atoms with Crippen molar-refractivity contribution in [3.05, 3.63) is 59.6 Å². The van der Waals surface area contributed by atoms with Gasteiger partial charge in [-0.2, -0.15) is 5.10 Å². The number of nitrogens with two attached hydrogens (primary N) is 1. The summed E-state index contributed by atoms with van der Waals surface area (Å²) < 4.78 is 1.81. The maximum absolute atomic E-state index is 13.1. The highest BCUT2D eigenvalue weighted by Crippen LogP contribution is 2.29. The van der Waals surface area contributed by atoms with E-state index in [9.17, 15) is 9.59 Å². The van der Waals surface area contributed by atoms with Crippen LogP contribution in [-0.2, 0) is 0 Å². The summed E-state index contributed by atoms with van der Waals surface area (Å²) in [6, 6.07) is 11.9. The van der Waals surface area contributed by atoms with Gasteiger partial charge in [-0.15, -0.1) is 11.3 Å².